The Bertz CT molecular complexity index is 1940. The Kier molecular flexibility index (Phi) is 5.63. The monoisotopic (exact) mass is 554 g/mol. The molecule has 12 heteroatoms. The van der Waals surface area contributed by atoms with E-state index in [2.05, 4.69) is 19.9 Å². The second-order valence-corrected chi connectivity index (χ2v) is 10.4. The number of H-pyrrole nitrogens is 1. The molecule has 1 aliphatic heterocycles. The Morgan fingerprint density at radius 3 is 2.92 bits per heavy atom. The topological polar surface area (TPSA) is 136 Å². The molecule has 2 aromatic carbocycles. The summed E-state index contributed by atoms with van der Waals surface area (Å²) >= 11 is 1.49. The van der Waals surface area contributed by atoms with Crippen molar-refractivity contribution in [1.29, 1.82) is 0 Å². The molecule has 1 aliphatic rings. The summed E-state index contributed by atoms with van der Waals surface area (Å²) in [5.74, 6) is 1.59. The predicted octanol–water partition coefficient (Wildman–Crippen LogP) is 5.42. The Morgan fingerprint density at radius 2 is 2.08 bits per heavy atom. The third-order valence-electron chi connectivity index (χ3n) is 6.71. The molecule has 40 heavy (non-hydrogen) atoms. The second-order valence-electron chi connectivity index (χ2n) is 9.41. The minimum absolute atomic E-state index is 0.0791. The van der Waals surface area contributed by atoms with E-state index in [1.807, 2.05) is 37.3 Å². The number of nitrogens with one attached hydrogen (secondary N) is 1. The van der Waals surface area contributed by atoms with E-state index in [9.17, 15) is 9.90 Å². The Hall–Kier alpha value is -4.97. The maximum Gasteiger partial charge on any atom is 0.411 e. The molecule has 0 radical (unpaired) electrons. The number of pyridine rings is 1. The number of rotatable bonds is 5. The van der Waals surface area contributed by atoms with Crippen molar-refractivity contribution in [2.75, 3.05) is 25.2 Å². The van der Waals surface area contributed by atoms with Gasteiger partial charge in [0.2, 0.25) is 5.88 Å². The number of anilines is 1. The van der Waals surface area contributed by atoms with E-state index < -0.39 is 12.2 Å². The van der Waals surface area contributed by atoms with Gasteiger partial charge in [0.25, 0.3) is 0 Å². The van der Waals surface area contributed by atoms with Gasteiger partial charge in [0.1, 0.15) is 22.0 Å². The molecule has 0 unspecified atom stereocenters. The first-order valence-electron chi connectivity index (χ1n) is 12.4. The van der Waals surface area contributed by atoms with Gasteiger partial charge in [0, 0.05) is 17.1 Å². The van der Waals surface area contributed by atoms with Crippen LogP contribution in [0.1, 0.15) is 5.56 Å². The normalized spacial score (nSPS) is 14.6. The molecule has 200 valence electrons. The Morgan fingerprint density at radius 1 is 1.18 bits per heavy atom. The van der Waals surface area contributed by atoms with Crippen LogP contribution in [0.5, 0.6) is 17.4 Å². The molecule has 0 fully saturated rings. The van der Waals surface area contributed by atoms with Crippen molar-refractivity contribution in [1.82, 2.24) is 24.9 Å². The summed E-state index contributed by atoms with van der Waals surface area (Å²) in [5, 5.41) is 11.5. The average molecular weight is 555 g/mol. The summed E-state index contributed by atoms with van der Waals surface area (Å²) in [5.41, 5.74) is 5.29. The summed E-state index contributed by atoms with van der Waals surface area (Å²) in [7, 11) is 1.56. The molecule has 0 saturated heterocycles. The summed E-state index contributed by atoms with van der Waals surface area (Å²) in [6.07, 6.45) is 3.28. The molecule has 0 bridgehead atoms. The van der Waals surface area contributed by atoms with E-state index in [-0.39, 0.29) is 13.2 Å². The van der Waals surface area contributed by atoms with Crippen LogP contribution in [0.4, 0.5) is 10.5 Å². The maximum atomic E-state index is 12.1. The number of hydrogen-bond acceptors (Lipinski definition) is 9. The number of hydrogen-bond donors (Lipinski definition) is 2. The van der Waals surface area contributed by atoms with Crippen LogP contribution in [0.2, 0.25) is 0 Å². The quantitative estimate of drug-likeness (QED) is 0.286. The summed E-state index contributed by atoms with van der Waals surface area (Å²) in [4.78, 5) is 34.7. The highest BCUT2D eigenvalue weighted by atomic mass is 32.1. The SMILES string of the molecule is COc1cnc2c(-c3nc4ccc5c(c4s3)OC[C@@H](CN(C(=O)O)c3cnc4[nH]ccc4c3)O5)cc(C)cc2n1. The lowest BCUT2D eigenvalue weighted by Crippen LogP contribution is -2.43. The lowest BCUT2D eigenvalue weighted by Gasteiger charge is -2.30. The molecule has 1 amide bonds. The van der Waals surface area contributed by atoms with Crippen molar-refractivity contribution < 1.29 is 24.1 Å². The van der Waals surface area contributed by atoms with Gasteiger partial charge < -0.3 is 24.3 Å². The largest absolute Gasteiger partial charge is 0.484 e. The number of carboxylic acid groups (broad SMARTS) is 1. The lowest BCUT2D eigenvalue weighted by atomic mass is 10.1. The fourth-order valence-corrected chi connectivity index (χ4v) is 5.93. The van der Waals surface area contributed by atoms with E-state index in [1.54, 1.807) is 25.6 Å². The molecular formula is C28H22N6O5S. The van der Waals surface area contributed by atoms with Crippen molar-refractivity contribution in [3.05, 3.63) is 60.6 Å². The van der Waals surface area contributed by atoms with Gasteiger partial charge >= 0.3 is 6.09 Å². The van der Waals surface area contributed by atoms with Gasteiger partial charge in [-0.15, -0.1) is 11.3 Å². The molecule has 7 rings (SSSR count). The van der Waals surface area contributed by atoms with Crippen molar-refractivity contribution in [2.45, 2.75) is 13.0 Å². The number of amides is 1. The molecule has 11 nitrogen and oxygen atoms in total. The molecular weight excluding hydrogens is 532 g/mol. The van der Waals surface area contributed by atoms with Crippen LogP contribution in [0, 0.1) is 6.92 Å². The average Bonchev–Trinajstić information content (AvgIpc) is 3.61. The van der Waals surface area contributed by atoms with Crippen molar-refractivity contribution >= 4 is 55.4 Å². The molecule has 0 aliphatic carbocycles. The highest BCUT2D eigenvalue weighted by Crippen LogP contribution is 2.44. The number of thiazole rings is 1. The zero-order valence-corrected chi connectivity index (χ0v) is 22.2. The number of aryl methyl sites for hydroxylation is 1. The molecule has 1 atom stereocenters. The van der Waals surface area contributed by atoms with Gasteiger partial charge in [-0.1, -0.05) is 0 Å². The molecule has 4 aromatic heterocycles. The van der Waals surface area contributed by atoms with Gasteiger partial charge in [-0.25, -0.2) is 24.7 Å². The fourth-order valence-electron chi connectivity index (χ4n) is 4.86. The minimum Gasteiger partial charge on any atom is -0.484 e. The lowest BCUT2D eigenvalue weighted by molar-refractivity contribution is 0.0962. The predicted molar refractivity (Wildman–Crippen MR) is 151 cm³/mol. The third kappa shape index (κ3) is 4.09. The zero-order chi connectivity index (χ0) is 27.4. The number of benzene rings is 2. The van der Waals surface area contributed by atoms with E-state index in [1.165, 1.54) is 22.4 Å². The van der Waals surface area contributed by atoms with E-state index in [4.69, 9.17) is 19.2 Å². The van der Waals surface area contributed by atoms with Crippen LogP contribution in [0.15, 0.2) is 55.0 Å². The summed E-state index contributed by atoms with van der Waals surface area (Å²) < 4.78 is 18.5. The number of carbonyl (C=O) groups is 1. The second kappa shape index (κ2) is 9.35. The van der Waals surface area contributed by atoms with Crippen LogP contribution >= 0.6 is 11.3 Å². The van der Waals surface area contributed by atoms with Gasteiger partial charge in [-0.05, 0) is 48.9 Å². The van der Waals surface area contributed by atoms with Gasteiger partial charge in [0.15, 0.2) is 17.6 Å². The summed E-state index contributed by atoms with van der Waals surface area (Å²) in [6, 6.07) is 11.3. The minimum atomic E-state index is -1.10. The first-order valence-corrected chi connectivity index (χ1v) is 13.3. The van der Waals surface area contributed by atoms with Crippen molar-refractivity contribution in [3.8, 4) is 28.0 Å². The van der Waals surface area contributed by atoms with E-state index in [0.29, 0.717) is 28.7 Å². The first-order chi connectivity index (χ1) is 19.5. The number of ether oxygens (including phenoxy) is 3. The molecule has 2 N–H and O–H groups in total. The van der Waals surface area contributed by atoms with Gasteiger partial charge in [-0.2, -0.15) is 0 Å². The van der Waals surface area contributed by atoms with Gasteiger partial charge in [0.05, 0.1) is 48.3 Å². The molecule has 5 heterocycles. The number of aromatic nitrogens is 5. The van der Waals surface area contributed by atoms with Crippen LogP contribution in [-0.2, 0) is 0 Å². The Balaban J connectivity index is 1.19. The van der Waals surface area contributed by atoms with Crippen LogP contribution in [-0.4, -0.2) is 62.5 Å². The molecule has 0 spiro atoms. The highest BCUT2D eigenvalue weighted by molar-refractivity contribution is 7.22. The third-order valence-corrected chi connectivity index (χ3v) is 7.81. The number of nitrogens with zero attached hydrogens (tertiary/aromatic N) is 5. The first kappa shape index (κ1) is 24.1. The smallest absolute Gasteiger partial charge is 0.411 e. The zero-order valence-electron chi connectivity index (χ0n) is 21.4. The summed E-state index contributed by atoms with van der Waals surface area (Å²) in [6.45, 7) is 2.26. The fraction of sp³-hybridized carbons (Fsp3) is 0.179. The maximum absolute atomic E-state index is 12.1. The molecule has 6 aromatic rings. The van der Waals surface area contributed by atoms with Crippen molar-refractivity contribution in [3.63, 3.8) is 0 Å². The standard InChI is InChI=1S/C28H22N6O5S/c1-14-7-18(23-20(8-14)32-22(37-2)11-30-23)27-33-19-3-4-21-24(25(19)40-27)38-13-17(39-21)12-34(28(35)36)16-9-15-5-6-29-26(15)31-10-16/h3-11,17H,12-13H2,1-2H3,(H,29,31)(H,35,36)/t17-/m1/s1. The molecule has 0 saturated carbocycles. The van der Waals surface area contributed by atoms with Crippen LogP contribution in [0.3, 0.4) is 0 Å². The van der Waals surface area contributed by atoms with Crippen LogP contribution in [0.25, 0.3) is 42.9 Å². The highest BCUT2D eigenvalue weighted by Gasteiger charge is 2.29. The van der Waals surface area contributed by atoms with Crippen LogP contribution < -0.4 is 19.1 Å². The van der Waals surface area contributed by atoms with Gasteiger partial charge in [-0.3, -0.25) is 4.90 Å². The van der Waals surface area contributed by atoms with Crippen molar-refractivity contribution in [2.24, 2.45) is 0 Å². The van der Waals surface area contributed by atoms with E-state index >= 15 is 0 Å². The number of aromatic amines is 1. The number of methoxy groups -OCH3 is 1. The number of fused-ring (bicyclic) bond motifs is 5. The van der Waals surface area contributed by atoms with E-state index in [0.717, 1.165) is 42.8 Å². The Labute approximate surface area is 231 Å².